The van der Waals surface area contributed by atoms with Crippen molar-refractivity contribution in [2.45, 2.75) is 19.8 Å². The lowest BCUT2D eigenvalue weighted by atomic mass is 10.1. The fourth-order valence-electron chi connectivity index (χ4n) is 1.33. The van der Waals surface area contributed by atoms with Gasteiger partial charge in [0.1, 0.15) is 17.3 Å². The van der Waals surface area contributed by atoms with Crippen molar-refractivity contribution < 1.29 is 9.53 Å². The Morgan fingerprint density at radius 3 is 2.76 bits per heavy atom. The zero-order valence-corrected chi connectivity index (χ0v) is 11.1. The van der Waals surface area contributed by atoms with Crippen molar-refractivity contribution in [1.29, 1.82) is 0 Å². The Labute approximate surface area is 111 Å². The van der Waals surface area contributed by atoms with Gasteiger partial charge in [-0.3, -0.25) is 4.79 Å². The zero-order valence-electron chi connectivity index (χ0n) is 9.53. The van der Waals surface area contributed by atoms with Crippen LogP contribution in [-0.4, -0.2) is 17.4 Å². The van der Waals surface area contributed by atoms with E-state index in [1.54, 1.807) is 18.2 Å². The van der Waals surface area contributed by atoms with Crippen molar-refractivity contribution in [2.75, 3.05) is 6.61 Å². The third kappa shape index (κ3) is 4.32. The summed E-state index contributed by atoms with van der Waals surface area (Å²) in [4.78, 5) is 11.9. The highest BCUT2D eigenvalue weighted by Crippen LogP contribution is 2.24. The fraction of sp³-hybridized carbons (Fsp3) is 0.333. The molecule has 0 aromatic heterocycles. The minimum atomic E-state index is 0.0402. The van der Waals surface area contributed by atoms with Gasteiger partial charge < -0.3 is 10.5 Å². The lowest BCUT2D eigenvalue weighted by molar-refractivity contribution is 0.0982. The Bertz CT molecular complexity index is 435. The molecule has 0 spiro atoms. The first kappa shape index (κ1) is 13.9. The van der Waals surface area contributed by atoms with Crippen molar-refractivity contribution in [3.8, 4) is 5.75 Å². The Hall–Kier alpha value is -1.13. The minimum Gasteiger partial charge on any atom is -0.486 e. The predicted octanol–water partition coefficient (Wildman–Crippen LogP) is 2.99. The number of carbonyl (C=O) groups is 1. The van der Waals surface area contributed by atoms with E-state index in [0.29, 0.717) is 22.8 Å². The Kier molecular flexibility index (Phi) is 5.38. The van der Waals surface area contributed by atoms with Crippen LogP contribution in [0.4, 0.5) is 0 Å². The Balaban J connectivity index is 2.79. The van der Waals surface area contributed by atoms with Gasteiger partial charge in [0.05, 0.1) is 5.02 Å². The van der Waals surface area contributed by atoms with Crippen molar-refractivity contribution in [3.05, 3.63) is 28.8 Å². The first-order valence-corrected chi connectivity index (χ1v) is 6.07. The summed E-state index contributed by atoms with van der Waals surface area (Å²) >= 11 is 10.7. The summed E-state index contributed by atoms with van der Waals surface area (Å²) in [6.07, 6.45) is 1.29. The van der Waals surface area contributed by atoms with Gasteiger partial charge in [0.2, 0.25) is 0 Å². The number of hydrogen-bond donors (Lipinski definition) is 1. The number of hydrogen-bond acceptors (Lipinski definition) is 3. The smallest absolute Gasteiger partial charge is 0.164 e. The minimum absolute atomic E-state index is 0.0402. The van der Waals surface area contributed by atoms with Crippen LogP contribution < -0.4 is 10.5 Å². The lowest BCUT2D eigenvalue weighted by Gasteiger charge is -2.07. The van der Waals surface area contributed by atoms with Gasteiger partial charge in [0, 0.05) is 12.0 Å². The second-order valence-corrected chi connectivity index (χ2v) is 4.50. The maximum atomic E-state index is 11.7. The number of ether oxygens (including phenoxy) is 1. The number of Topliss-reactive ketones (excluding diaryl/α,β-unsaturated/α-hetero) is 1. The van der Waals surface area contributed by atoms with Gasteiger partial charge in [-0.15, -0.1) is 0 Å². The average Bonchev–Trinajstić information content (AvgIpc) is 2.26. The molecule has 0 unspecified atom stereocenters. The van der Waals surface area contributed by atoms with Crippen molar-refractivity contribution in [2.24, 2.45) is 5.73 Å². The number of carbonyl (C=O) groups excluding carboxylic acids is 1. The third-order valence-electron chi connectivity index (χ3n) is 2.10. The molecule has 1 aromatic rings. The summed E-state index contributed by atoms with van der Waals surface area (Å²) in [5.41, 5.74) is 5.84. The normalized spacial score (nSPS) is 10.0. The summed E-state index contributed by atoms with van der Waals surface area (Å²) < 4.78 is 5.28. The van der Waals surface area contributed by atoms with E-state index in [0.717, 1.165) is 6.42 Å². The third-order valence-corrected chi connectivity index (χ3v) is 2.53. The van der Waals surface area contributed by atoms with Crippen LogP contribution in [0.15, 0.2) is 18.2 Å². The molecule has 0 atom stereocenters. The molecule has 2 N–H and O–H groups in total. The highest BCUT2D eigenvalue weighted by Gasteiger charge is 2.10. The molecule has 0 aliphatic rings. The average molecular weight is 272 g/mol. The summed E-state index contributed by atoms with van der Waals surface area (Å²) in [5.74, 6) is 0.592. The summed E-state index contributed by atoms with van der Waals surface area (Å²) in [6.45, 7) is 2.11. The molecule has 3 nitrogen and oxygen atoms in total. The summed E-state index contributed by atoms with van der Waals surface area (Å²) in [6, 6.07) is 4.95. The molecule has 0 heterocycles. The fourth-order valence-corrected chi connectivity index (χ4v) is 1.66. The van der Waals surface area contributed by atoms with Crippen LogP contribution in [0.1, 0.15) is 30.1 Å². The van der Waals surface area contributed by atoms with Crippen LogP contribution in [0.2, 0.25) is 5.02 Å². The summed E-state index contributed by atoms with van der Waals surface area (Å²) in [7, 11) is 0. The van der Waals surface area contributed by atoms with Crippen LogP contribution in [0.3, 0.4) is 0 Å². The first-order valence-electron chi connectivity index (χ1n) is 5.28. The topological polar surface area (TPSA) is 52.3 Å². The molecule has 0 aliphatic carbocycles. The number of ketones is 1. The van der Waals surface area contributed by atoms with Gasteiger partial charge in [-0.2, -0.15) is 0 Å². The van der Waals surface area contributed by atoms with Crippen LogP contribution >= 0.6 is 23.8 Å². The largest absolute Gasteiger partial charge is 0.486 e. The van der Waals surface area contributed by atoms with E-state index in [1.807, 2.05) is 6.92 Å². The molecule has 0 saturated heterocycles. The molecule has 0 saturated carbocycles. The van der Waals surface area contributed by atoms with E-state index < -0.39 is 0 Å². The van der Waals surface area contributed by atoms with Gasteiger partial charge in [0.15, 0.2) is 5.78 Å². The zero-order chi connectivity index (χ0) is 12.8. The first-order chi connectivity index (χ1) is 8.04. The van der Waals surface area contributed by atoms with Crippen LogP contribution in [0, 0.1) is 0 Å². The second kappa shape index (κ2) is 6.57. The maximum Gasteiger partial charge on any atom is 0.164 e. The Morgan fingerprint density at radius 1 is 1.53 bits per heavy atom. The van der Waals surface area contributed by atoms with Gasteiger partial charge in [-0.1, -0.05) is 30.7 Å². The van der Waals surface area contributed by atoms with Crippen LogP contribution in [0.25, 0.3) is 0 Å². The highest BCUT2D eigenvalue weighted by atomic mass is 35.5. The van der Waals surface area contributed by atoms with Crippen LogP contribution in [0.5, 0.6) is 5.75 Å². The molecular formula is C12H14ClNO2S. The SMILES string of the molecule is CCCC(=O)c1ccc(OCC(N)=S)cc1Cl. The van der Waals surface area contributed by atoms with Gasteiger partial charge in [-0.25, -0.2) is 0 Å². The lowest BCUT2D eigenvalue weighted by Crippen LogP contribution is -2.17. The molecule has 0 fully saturated rings. The number of nitrogens with two attached hydrogens (primary N) is 1. The summed E-state index contributed by atoms with van der Waals surface area (Å²) in [5, 5.41) is 0.392. The van der Waals surface area contributed by atoms with Gasteiger partial charge in [0.25, 0.3) is 0 Å². The van der Waals surface area contributed by atoms with E-state index in [4.69, 9.17) is 34.3 Å². The number of thiocarbonyl (C=S) groups is 1. The van der Waals surface area contributed by atoms with E-state index in [9.17, 15) is 4.79 Å². The monoisotopic (exact) mass is 271 g/mol. The van der Waals surface area contributed by atoms with Gasteiger partial charge >= 0.3 is 0 Å². The Morgan fingerprint density at radius 2 is 2.24 bits per heavy atom. The quantitative estimate of drug-likeness (QED) is 0.638. The number of halogens is 1. The molecule has 92 valence electrons. The van der Waals surface area contributed by atoms with E-state index in [2.05, 4.69) is 0 Å². The standard InChI is InChI=1S/C12H14ClNO2S/c1-2-3-11(15)9-5-4-8(6-10(9)13)16-7-12(14)17/h4-6H,2-3,7H2,1H3,(H2,14,17). The number of rotatable bonds is 6. The molecule has 1 aromatic carbocycles. The van der Waals surface area contributed by atoms with E-state index >= 15 is 0 Å². The van der Waals surface area contributed by atoms with Crippen molar-refractivity contribution >= 4 is 34.6 Å². The molecule has 0 bridgehead atoms. The number of benzene rings is 1. The molecule has 1 rings (SSSR count). The van der Waals surface area contributed by atoms with Gasteiger partial charge in [-0.05, 0) is 24.6 Å². The molecule has 0 amide bonds. The molecule has 0 aliphatic heterocycles. The van der Waals surface area contributed by atoms with E-state index in [-0.39, 0.29) is 17.4 Å². The molecular weight excluding hydrogens is 258 g/mol. The molecule has 5 heteroatoms. The maximum absolute atomic E-state index is 11.7. The predicted molar refractivity (Wildman–Crippen MR) is 73.0 cm³/mol. The van der Waals surface area contributed by atoms with Crippen molar-refractivity contribution in [3.63, 3.8) is 0 Å². The molecule has 17 heavy (non-hydrogen) atoms. The highest BCUT2D eigenvalue weighted by molar-refractivity contribution is 7.80. The van der Waals surface area contributed by atoms with Crippen molar-refractivity contribution in [1.82, 2.24) is 0 Å². The second-order valence-electron chi connectivity index (χ2n) is 3.57. The van der Waals surface area contributed by atoms with Crippen LogP contribution in [-0.2, 0) is 0 Å². The van der Waals surface area contributed by atoms with E-state index in [1.165, 1.54) is 0 Å². The molecule has 0 radical (unpaired) electrons.